The molecule has 0 aliphatic rings. The van der Waals surface area contributed by atoms with Crippen molar-refractivity contribution in [2.75, 3.05) is 0 Å². The molecule has 0 fully saturated rings. The number of hydrogen-bond acceptors (Lipinski definition) is 4. The molecule has 0 unspecified atom stereocenters. The summed E-state index contributed by atoms with van der Waals surface area (Å²) in [4.78, 5) is 16.4. The lowest BCUT2D eigenvalue weighted by Gasteiger charge is -2.22. The number of nitro groups is 1. The highest BCUT2D eigenvalue weighted by atomic mass is 32.1. The summed E-state index contributed by atoms with van der Waals surface area (Å²) in [5.74, 6) is 0. The van der Waals surface area contributed by atoms with Crippen molar-refractivity contribution in [1.29, 1.82) is 0 Å². The lowest BCUT2D eigenvalue weighted by molar-refractivity contribution is -0.383. The number of benzene rings is 3. The van der Waals surface area contributed by atoms with Crippen LogP contribution in [-0.2, 0) is 11.8 Å². The Morgan fingerprint density at radius 1 is 0.943 bits per heavy atom. The highest BCUT2D eigenvalue weighted by molar-refractivity contribution is 7.26. The van der Waals surface area contributed by atoms with Crippen LogP contribution in [0.1, 0.15) is 52.7 Å². The summed E-state index contributed by atoms with van der Waals surface area (Å²) >= 11 is 1.61. The zero-order valence-electron chi connectivity index (χ0n) is 21.1. The van der Waals surface area contributed by atoms with E-state index in [1.54, 1.807) is 11.3 Å². The van der Waals surface area contributed by atoms with E-state index in [9.17, 15) is 10.1 Å². The van der Waals surface area contributed by atoms with E-state index in [1.165, 1.54) is 22.7 Å². The first kappa shape index (κ1) is 23.4. The van der Waals surface area contributed by atoms with Crippen LogP contribution < -0.4 is 0 Å². The van der Waals surface area contributed by atoms with Crippen LogP contribution in [0.15, 0.2) is 60.8 Å². The van der Waals surface area contributed by atoms with Crippen molar-refractivity contribution in [2.24, 2.45) is 5.41 Å². The molecule has 3 aromatic carbocycles. The third-order valence-corrected chi connectivity index (χ3v) is 7.58. The van der Waals surface area contributed by atoms with E-state index >= 15 is 0 Å². The van der Waals surface area contributed by atoms with Gasteiger partial charge in [-0.15, -0.1) is 11.3 Å². The summed E-state index contributed by atoms with van der Waals surface area (Å²) in [5.41, 5.74) is 4.46. The van der Waals surface area contributed by atoms with Crippen molar-refractivity contribution in [3.05, 3.63) is 82.0 Å². The fraction of sp³-hybridized carbons (Fsp3) is 0.300. The predicted octanol–water partition coefficient (Wildman–Crippen LogP) is 9.06. The molecular weight excluding hydrogens is 452 g/mol. The van der Waals surface area contributed by atoms with Crippen LogP contribution in [0.3, 0.4) is 0 Å². The van der Waals surface area contributed by atoms with E-state index in [2.05, 4.69) is 89.0 Å². The molecule has 178 valence electrons. The van der Waals surface area contributed by atoms with Crippen molar-refractivity contribution in [1.82, 2.24) is 4.98 Å². The number of thiophene rings is 1. The molecule has 0 radical (unpaired) electrons. The predicted molar refractivity (Wildman–Crippen MR) is 149 cm³/mol. The Hall–Kier alpha value is -3.31. The van der Waals surface area contributed by atoms with E-state index in [0.29, 0.717) is 5.39 Å². The Balaban J connectivity index is 1.82. The average molecular weight is 483 g/mol. The molecule has 0 amide bonds. The number of pyridine rings is 1. The molecule has 0 atom stereocenters. The van der Waals surface area contributed by atoms with Crippen LogP contribution in [0, 0.1) is 15.5 Å². The lowest BCUT2D eigenvalue weighted by atomic mass is 9.82. The zero-order valence-corrected chi connectivity index (χ0v) is 21.9. The van der Waals surface area contributed by atoms with Crippen LogP contribution in [-0.4, -0.2) is 9.91 Å². The molecule has 35 heavy (non-hydrogen) atoms. The van der Waals surface area contributed by atoms with Crippen molar-refractivity contribution >= 4 is 48.0 Å². The minimum Gasteiger partial charge on any atom is -0.258 e. The molecule has 0 saturated carbocycles. The van der Waals surface area contributed by atoms with Crippen molar-refractivity contribution in [2.45, 2.75) is 53.4 Å². The SMILES string of the molecule is CC(C)(C)Cc1ccc2c(c1)sc1c(-c3cc(C(C)(C)C)c4ccccc4c3)ncc([N+](=O)[O-])c12. The third-order valence-electron chi connectivity index (χ3n) is 6.42. The average Bonchev–Trinajstić information content (AvgIpc) is 3.14. The minimum atomic E-state index is -0.310. The summed E-state index contributed by atoms with van der Waals surface area (Å²) in [5, 5.41) is 16.0. The number of nitrogens with zero attached hydrogens (tertiary/aromatic N) is 2. The van der Waals surface area contributed by atoms with Gasteiger partial charge in [-0.25, -0.2) is 4.98 Å². The van der Waals surface area contributed by atoms with Gasteiger partial charge in [0.2, 0.25) is 0 Å². The van der Waals surface area contributed by atoms with Gasteiger partial charge in [-0.3, -0.25) is 10.1 Å². The normalized spacial score (nSPS) is 12.6. The van der Waals surface area contributed by atoms with Crippen molar-refractivity contribution in [3.63, 3.8) is 0 Å². The third kappa shape index (κ3) is 4.30. The summed E-state index contributed by atoms with van der Waals surface area (Å²) in [6.45, 7) is 13.3. The number of rotatable bonds is 3. The van der Waals surface area contributed by atoms with Gasteiger partial charge >= 0.3 is 0 Å². The first-order chi connectivity index (χ1) is 16.4. The van der Waals surface area contributed by atoms with Gasteiger partial charge < -0.3 is 0 Å². The standard InChI is InChI=1S/C30H30N2O2S/c1-29(2,3)16-18-11-12-22-25(13-18)35-28-26(22)24(32(33)34)17-31-27(28)20-14-19-9-7-8-10-21(19)23(15-20)30(4,5)6/h7-15,17H,16H2,1-6H3. The van der Waals surface area contributed by atoms with E-state index in [-0.39, 0.29) is 21.4 Å². The number of hydrogen-bond donors (Lipinski definition) is 0. The molecule has 5 heteroatoms. The fourth-order valence-electron chi connectivity index (χ4n) is 4.95. The van der Waals surface area contributed by atoms with Gasteiger partial charge in [0.15, 0.2) is 0 Å². The molecule has 2 heterocycles. The Labute approximate surface area is 209 Å². The first-order valence-corrected chi connectivity index (χ1v) is 12.8. The molecule has 5 aromatic rings. The second-order valence-electron chi connectivity index (χ2n) is 11.6. The highest BCUT2D eigenvalue weighted by Gasteiger charge is 2.24. The number of fused-ring (bicyclic) bond motifs is 4. The number of aromatic nitrogens is 1. The molecule has 0 bridgehead atoms. The maximum absolute atomic E-state index is 12.0. The smallest absolute Gasteiger partial charge is 0.258 e. The van der Waals surface area contributed by atoms with E-state index < -0.39 is 0 Å². The van der Waals surface area contributed by atoms with Gasteiger partial charge in [-0.1, -0.05) is 77.9 Å². The molecule has 0 spiro atoms. The Morgan fingerprint density at radius 2 is 1.69 bits per heavy atom. The largest absolute Gasteiger partial charge is 0.296 e. The molecule has 0 aliphatic heterocycles. The quantitative estimate of drug-likeness (QED) is 0.190. The zero-order chi connectivity index (χ0) is 25.1. The summed E-state index contributed by atoms with van der Waals surface area (Å²) < 4.78 is 1.94. The molecule has 5 rings (SSSR count). The summed E-state index contributed by atoms with van der Waals surface area (Å²) in [7, 11) is 0. The van der Waals surface area contributed by atoms with Crippen LogP contribution in [0.25, 0.3) is 42.2 Å². The van der Waals surface area contributed by atoms with Crippen LogP contribution >= 0.6 is 11.3 Å². The second-order valence-corrected chi connectivity index (χ2v) is 12.7. The summed E-state index contributed by atoms with van der Waals surface area (Å²) in [6.07, 6.45) is 2.38. The van der Waals surface area contributed by atoms with Crippen LogP contribution in [0.4, 0.5) is 5.69 Å². The Bertz CT molecular complexity index is 1620. The van der Waals surface area contributed by atoms with E-state index in [4.69, 9.17) is 0 Å². The first-order valence-electron chi connectivity index (χ1n) is 11.9. The fourth-order valence-corrected chi connectivity index (χ4v) is 6.24. The Morgan fingerprint density at radius 3 is 2.37 bits per heavy atom. The van der Waals surface area contributed by atoms with E-state index in [0.717, 1.165) is 37.9 Å². The second kappa shape index (κ2) is 8.13. The Kier molecular flexibility index (Phi) is 5.44. The van der Waals surface area contributed by atoms with Gasteiger partial charge in [-0.2, -0.15) is 0 Å². The molecule has 0 saturated heterocycles. The van der Waals surface area contributed by atoms with Gasteiger partial charge in [0.1, 0.15) is 6.20 Å². The maximum Gasteiger partial charge on any atom is 0.296 e. The lowest BCUT2D eigenvalue weighted by Crippen LogP contribution is -2.12. The molecule has 0 N–H and O–H groups in total. The molecule has 0 aliphatic carbocycles. The molecular formula is C30H30N2O2S. The van der Waals surface area contributed by atoms with Crippen LogP contribution in [0.5, 0.6) is 0 Å². The maximum atomic E-state index is 12.0. The van der Waals surface area contributed by atoms with Gasteiger partial charge in [0, 0.05) is 15.6 Å². The monoisotopic (exact) mass is 482 g/mol. The van der Waals surface area contributed by atoms with Crippen molar-refractivity contribution < 1.29 is 4.92 Å². The van der Waals surface area contributed by atoms with Gasteiger partial charge in [0.05, 0.1) is 20.7 Å². The molecule has 4 nitrogen and oxygen atoms in total. The topological polar surface area (TPSA) is 56.0 Å². The summed E-state index contributed by atoms with van der Waals surface area (Å²) in [6, 6.07) is 19.1. The van der Waals surface area contributed by atoms with Gasteiger partial charge in [-0.05, 0) is 57.3 Å². The van der Waals surface area contributed by atoms with E-state index in [1.807, 2.05) is 12.1 Å². The van der Waals surface area contributed by atoms with Crippen LogP contribution in [0.2, 0.25) is 0 Å². The highest BCUT2D eigenvalue weighted by Crippen LogP contribution is 2.45. The van der Waals surface area contributed by atoms with Crippen molar-refractivity contribution in [3.8, 4) is 11.3 Å². The molecule has 2 aromatic heterocycles. The minimum absolute atomic E-state index is 0.0580. The van der Waals surface area contributed by atoms with Gasteiger partial charge in [0.25, 0.3) is 5.69 Å².